The molecule has 0 saturated carbocycles. The molecule has 0 radical (unpaired) electrons. The van der Waals surface area contributed by atoms with Crippen molar-refractivity contribution >= 4 is 17.7 Å². The minimum absolute atomic E-state index is 0.221. The van der Waals surface area contributed by atoms with Gasteiger partial charge in [0.1, 0.15) is 0 Å². The number of carbonyl (C=O) groups is 1. The number of hydrogen-bond acceptors (Lipinski definition) is 3. The molecular formula is C7H8N2OS. The van der Waals surface area contributed by atoms with E-state index in [1.807, 2.05) is 6.20 Å². The Labute approximate surface area is 68.7 Å². The highest BCUT2D eigenvalue weighted by atomic mass is 32.2. The number of rotatable bonds is 0. The zero-order valence-electron chi connectivity index (χ0n) is 5.89. The van der Waals surface area contributed by atoms with Crippen molar-refractivity contribution in [2.75, 3.05) is 6.54 Å². The summed E-state index contributed by atoms with van der Waals surface area (Å²) in [6.07, 6.45) is 4.20. The van der Waals surface area contributed by atoms with Gasteiger partial charge >= 0.3 is 0 Å². The molecule has 1 aromatic heterocycles. The Morgan fingerprint density at radius 1 is 1.45 bits per heavy atom. The minimum Gasteiger partial charge on any atom is -0.366 e. The number of nitrogens with one attached hydrogen (secondary N) is 2. The van der Waals surface area contributed by atoms with Crippen LogP contribution in [0.5, 0.6) is 0 Å². The number of aromatic amines is 1. The fraction of sp³-hybridized carbons (Fsp3) is 0.286. The summed E-state index contributed by atoms with van der Waals surface area (Å²) >= 11 is 1.52. The lowest BCUT2D eigenvalue weighted by atomic mass is 10.2. The number of carbonyl (C=O) groups excluding carboxylic acids is 1. The molecule has 0 aliphatic carbocycles. The summed E-state index contributed by atoms with van der Waals surface area (Å²) in [6, 6.07) is 0. The molecule has 0 bridgehead atoms. The predicted octanol–water partition coefficient (Wildman–Crippen LogP) is 1.20. The first-order valence-corrected chi connectivity index (χ1v) is 4.29. The molecule has 58 valence electrons. The molecule has 0 atom stereocenters. The fourth-order valence-corrected chi connectivity index (χ4v) is 1.85. The SMILES string of the molecule is O=C1CCNSc2c[nH]cc21. The number of H-pyrrole nitrogens is 1. The Morgan fingerprint density at radius 3 is 3.27 bits per heavy atom. The van der Waals surface area contributed by atoms with Crippen LogP contribution in [0.15, 0.2) is 17.3 Å². The van der Waals surface area contributed by atoms with Gasteiger partial charge in [0.25, 0.3) is 0 Å². The third-order valence-corrected chi connectivity index (χ3v) is 2.55. The average Bonchev–Trinajstić information content (AvgIpc) is 2.40. The van der Waals surface area contributed by atoms with Gasteiger partial charge in [0.05, 0.1) is 4.90 Å². The van der Waals surface area contributed by atoms with E-state index in [0.29, 0.717) is 6.42 Å². The van der Waals surface area contributed by atoms with E-state index >= 15 is 0 Å². The van der Waals surface area contributed by atoms with Crippen LogP contribution < -0.4 is 4.72 Å². The largest absolute Gasteiger partial charge is 0.366 e. The van der Waals surface area contributed by atoms with Gasteiger partial charge in [-0.1, -0.05) is 0 Å². The average molecular weight is 168 g/mol. The molecular weight excluding hydrogens is 160 g/mol. The second kappa shape index (κ2) is 2.71. The molecule has 0 amide bonds. The molecule has 4 heteroatoms. The van der Waals surface area contributed by atoms with Crippen LogP contribution in [-0.4, -0.2) is 17.3 Å². The third kappa shape index (κ3) is 1.19. The summed E-state index contributed by atoms with van der Waals surface area (Å²) in [5, 5.41) is 0. The highest BCUT2D eigenvalue weighted by Gasteiger charge is 2.15. The summed E-state index contributed by atoms with van der Waals surface area (Å²) in [7, 11) is 0. The van der Waals surface area contributed by atoms with Gasteiger partial charge in [0.15, 0.2) is 5.78 Å². The first-order valence-electron chi connectivity index (χ1n) is 3.47. The van der Waals surface area contributed by atoms with Gasteiger partial charge in [-0.05, 0) is 11.9 Å². The van der Waals surface area contributed by atoms with Crippen LogP contribution in [0.1, 0.15) is 16.8 Å². The molecule has 2 rings (SSSR count). The quantitative estimate of drug-likeness (QED) is 0.572. The van der Waals surface area contributed by atoms with E-state index in [2.05, 4.69) is 9.71 Å². The molecule has 1 aliphatic rings. The van der Waals surface area contributed by atoms with Crippen LogP contribution in [0.4, 0.5) is 0 Å². The van der Waals surface area contributed by atoms with Crippen LogP contribution in [0, 0.1) is 0 Å². The summed E-state index contributed by atoms with van der Waals surface area (Å²) in [6.45, 7) is 0.762. The second-order valence-corrected chi connectivity index (χ2v) is 3.34. The van der Waals surface area contributed by atoms with E-state index in [9.17, 15) is 4.79 Å². The topological polar surface area (TPSA) is 44.9 Å². The van der Waals surface area contributed by atoms with Crippen molar-refractivity contribution in [3.05, 3.63) is 18.0 Å². The monoisotopic (exact) mass is 168 g/mol. The van der Waals surface area contributed by atoms with Crippen LogP contribution in [0.2, 0.25) is 0 Å². The van der Waals surface area contributed by atoms with Crippen molar-refractivity contribution < 1.29 is 4.79 Å². The Morgan fingerprint density at radius 2 is 2.36 bits per heavy atom. The molecule has 0 fully saturated rings. The molecule has 0 aromatic carbocycles. The molecule has 1 aliphatic heterocycles. The van der Waals surface area contributed by atoms with E-state index in [1.165, 1.54) is 11.9 Å². The van der Waals surface area contributed by atoms with Crippen molar-refractivity contribution in [2.24, 2.45) is 0 Å². The number of Topliss-reactive ketones (excluding diaryl/α,β-unsaturated/α-hetero) is 1. The predicted molar refractivity (Wildman–Crippen MR) is 43.6 cm³/mol. The zero-order valence-corrected chi connectivity index (χ0v) is 6.70. The minimum atomic E-state index is 0.221. The molecule has 3 nitrogen and oxygen atoms in total. The molecule has 2 heterocycles. The van der Waals surface area contributed by atoms with Gasteiger partial charge < -0.3 is 4.98 Å². The van der Waals surface area contributed by atoms with Crippen LogP contribution in [-0.2, 0) is 0 Å². The Bertz CT molecular complexity index is 282. The third-order valence-electron chi connectivity index (χ3n) is 1.64. The van der Waals surface area contributed by atoms with E-state index in [1.54, 1.807) is 6.20 Å². The number of ketones is 1. The van der Waals surface area contributed by atoms with Gasteiger partial charge in [0.2, 0.25) is 0 Å². The van der Waals surface area contributed by atoms with Crippen molar-refractivity contribution in [3.8, 4) is 0 Å². The fourth-order valence-electron chi connectivity index (χ4n) is 1.08. The molecule has 0 spiro atoms. The smallest absolute Gasteiger partial charge is 0.166 e. The van der Waals surface area contributed by atoms with Gasteiger partial charge in [-0.2, -0.15) is 0 Å². The number of hydrogen-bond donors (Lipinski definition) is 2. The first kappa shape index (κ1) is 6.94. The first-order chi connectivity index (χ1) is 5.38. The van der Waals surface area contributed by atoms with E-state index < -0.39 is 0 Å². The lowest BCUT2D eigenvalue weighted by Gasteiger charge is -1.92. The Hall–Kier alpha value is -0.740. The van der Waals surface area contributed by atoms with Gasteiger partial charge in [-0.3, -0.25) is 9.52 Å². The van der Waals surface area contributed by atoms with Crippen molar-refractivity contribution in [1.29, 1.82) is 0 Å². The lowest BCUT2D eigenvalue weighted by molar-refractivity contribution is 0.0983. The summed E-state index contributed by atoms with van der Waals surface area (Å²) in [5.41, 5.74) is 0.819. The van der Waals surface area contributed by atoms with Gasteiger partial charge in [0, 0.05) is 30.9 Å². The van der Waals surface area contributed by atoms with E-state index in [4.69, 9.17) is 0 Å². The number of aromatic nitrogens is 1. The van der Waals surface area contributed by atoms with Crippen molar-refractivity contribution in [3.63, 3.8) is 0 Å². The highest BCUT2D eigenvalue weighted by Crippen LogP contribution is 2.23. The standard InChI is InChI=1S/C7H8N2OS/c10-6-1-2-9-11-7-4-8-3-5(6)7/h3-4,8-9H,1-2H2. The maximum Gasteiger partial charge on any atom is 0.166 e. The highest BCUT2D eigenvalue weighted by molar-refractivity contribution is 7.97. The lowest BCUT2D eigenvalue weighted by Crippen LogP contribution is -2.06. The molecule has 0 unspecified atom stereocenters. The van der Waals surface area contributed by atoms with Crippen LogP contribution >= 0.6 is 11.9 Å². The van der Waals surface area contributed by atoms with Gasteiger partial charge in [-0.25, -0.2) is 0 Å². The maximum atomic E-state index is 11.3. The Kier molecular flexibility index (Phi) is 1.71. The molecule has 11 heavy (non-hydrogen) atoms. The molecule has 1 aromatic rings. The summed E-state index contributed by atoms with van der Waals surface area (Å²) in [5.74, 6) is 0.221. The summed E-state index contributed by atoms with van der Waals surface area (Å²) in [4.78, 5) is 15.2. The van der Waals surface area contributed by atoms with E-state index in [0.717, 1.165) is 17.0 Å². The van der Waals surface area contributed by atoms with E-state index in [-0.39, 0.29) is 5.78 Å². The van der Waals surface area contributed by atoms with Crippen molar-refractivity contribution in [2.45, 2.75) is 11.3 Å². The maximum absolute atomic E-state index is 11.3. The zero-order chi connectivity index (χ0) is 7.68. The van der Waals surface area contributed by atoms with Crippen molar-refractivity contribution in [1.82, 2.24) is 9.71 Å². The Balaban J connectivity index is 2.41. The number of fused-ring (bicyclic) bond motifs is 1. The molecule has 0 saturated heterocycles. The normalized spacial score (nSPS) is 17.6. The second-order valence-electron chi connectivity index (χ2n) is 2.40. The van der Waals surface area contributed by atoms with Gasteiger partial charge in [-0.15, -0.1) is 0 Å². The van der Waals surface area contributed by atoms with Crippen LogP contribution in [0.3, 0.4) is 0 Å². The summed E-state index contributed by atoms with van der Waals surface area (Å²) < 4.78 is 3.10. The van der Waals surface area contributed by atoms with Crippen LogP contribution in [0.25, 0.3) is 0 Å². The molecule has 2 N–H and O–H groups in total.